The van der Waals surface area contributed by atoms with Crippen molar-refractivity contribution in [1.29, 1.82) is 0 Å². The van der Waals surface area contributed by atoms with Crippen molar-refractivity contribution in [2.75, 3.05) is 5.88 Å². The van der Waals surface area contributed by atoms with Crippen molar-refractivity contribution < 1.29 is 4.79 Å². The Morgan fingerprint density at radius 3 is 2.71 bits per heavy atom. The van der Waals surface area contributed by atoms with Crippen LogP contribution in [0.15, 0.2) is 6.07 Å². The number of hydrogen-bond donors (Lipinski definition) is 0. The normalized spacial score (nSPS) is 15.9. The molecular formula is C14H20ClNO. The number of Topliss-reactive ketones (excluding diaryl/α,β-unsaturated/α-hetero) is 1. The fourth-order valence-electron chi connectivity index (χ4n) is 2.59. The minimum Gasteiger partial charge on any atom is -0.348 e. The summed E-state index contributed by atoms with van der Waals surface area (Å²) in [5.41, 5.74) is 3.05. The van der Waals surface area contributed by atoms with E-state index in [2.05, 4.69) is 11.5 Å². The molecule has 2 rings (SSSR count). The lowest BCUT2D eigenvalue weighted by atomic mass is 9.83. The zero-order chi connectivity index (χ0) is 12.4. The predicted molar refractivity (Wildman–Crippen MR) is 70.9 cm³/mol. The highest BCUT2D eigenvalue weighted by Crippen LogP contribution is 2.30. The third-order valence-electron chi connectivity index (χ3n) is 3.98. The Hall–Kier alpha value is -0.760. The van der Waals surface area contributed by atoms with Crippen molar-refractivity contribution in [1.82, 2.24) is 4.57 Å². The molecule has 1 fully saturated rings. The van der Waals surface area contributed by atoms with Gasteiger partial charge in [-0.05, 0) is 32.3 Å². The summed E-state index contributed by atoms with van der Waals surface area (Å²) in [7, 11) is 0. The van der Waals surface area contributed by atoms with Gasteiger partial charge < -0.3 is 4.57 Å². The molecule has 0 radical (unpaired) electrons. The Bertz CT molecular complexity index is 418. The molecule has 1 aliphatic carbocycles. The van der Waals surface area contributed by atoms with Gasteiger partial charge in [0.15, 0.2) is 5.78 Å². The standard InChI is InChI=1S/C14H20ClNO/c1-10-8-13(14(17)9-15)11(2)16(10)7-6-12-4-3-5-12/h8,12H,3-7,9H2,1-2H3. The summed E-state index contributed by atoms with van der Waals surface area (Å²) in [4.78, 5) is 11.7. The van der Waals surface area contributed by atoms with Crippen molar-refractivity contribution in [2.45, 2.75) is 46.1 Å². The second kappa shape index (κ2) is 5.26. The number of aryl methyl sites for hydroxylation is 1. The molecule has 3 heteroatoms. The van der Waals surface area contributed by atoms with Crippen LogP contribution in [0.4, 0.5) is 0 Å². The molecule has 0 unspecified atom stereocenters. The number of carbonyl (C=O) groups is 1. The van der Waals surface area contributed by atoms with E-state index >= 15 is 0 Å². The van der Waals surface area contributed by atoms with E-state index in [9.17, 15) is 4.79 Å². The first-order valence-corrected chi connectivity index (χ1v) is 6.92. The Morgan fingerprint density at radius 2 is 2.18 bits per heavy atom. The first-order chi connectivity index (χ1) is 8.13. The van der Waals surface area contributed by atoms with Crippen molar-refractivity contribution in [3.05, 3.63) is 23.0 Å². The largest absolute Gasteiger partial charge is 0.348 e. The fraction of sp³-hybridized carbons (Fsp3) is 0.643. The molecule has 1 aliphatic rings. The zero-order valence-electron chi connectivity index (χ0n) is 10.6. The van der Waals surface area contributed by atoms with Gasteiger partial charge in [0.1, 0.15) is 0 Å². The molecule has 0 atom stereocenters. The molecule has 0 spiro atoms. The summed E-state index contributed by atoms with van der Waals surface area (Å²) in [5.74, 6) is 1.02. The molecular weight excluding hydrogens is 234 g/mol. The summed E-state index contributed by atoms with van der Waals surface area (Å²) in [5, 5.41) is 0. The summed E-state index contributed by atoms with van der Waals surface area (Å²) in [6.07, 6.45) is 5.40. The number of halogens is 1. The van der Waals surface area contributed by atoms with Crippen molar-refractivity contribution >= 4 is 17.4 Å². The highest BCUT2D eigenvalue weighted by Gasteiger charge is 2.19. The van der Waals surface area contributed by atoms with Crippen molar-refractivity contribution in [3.8, 4) is 0 Å². The quantitative estimate of drug-likeness (QED) is 0.579. The van der Waals surface area contributed by atoms with Crippen LogP contribution in [0.3, 0.4) is 0 Å². The van der Waals surface area contributed by atoms with E-state index in [1.165, 1.54) is 31.4 Å². The number of carbonyl (C=O) groups excluding carboxylic acids is 1. The van der Waals surface area contributed by atoms with E-state index in [-0.39, 0.29) is 11.7 Å². The van der Waals surface area contributed by atoms with Crippen LogP contribution in [0.25, 0.3) is 0 Å². The van der Waals surface area contributed by atoms with Crippen LogP contribution in [-0.4, -0.2) is 16.2 Å². The smallest absolute Gasteiger partial charge is 0.179 e. The summed E-state index contributed by atoms with van der Waals surface area (Å²) in [6.45, 7) is 5.13. The lowest BCUT2D eigenvalue weighted by Gasteiger charge is -2.26. The van der Waals surface area contributed by atoms with Gasteiger partial charge in [-0.1, -0.05) is 19.3 Å². The van der Waals surface area contributed by atoms with Gasteiger partial charge >= 0.3 is 0 Å². The van der Waals surface area contributed by atoms with Gasteiger partial charge in [-0.25, -0.2) is 0 Å². The number of rotatable bonds is 5. The van der Waals surface area contributed by atoms with E-state index in [4.69, 9.17) is 11.6 Å². The van der Waals surface area contributed by atoms with Gasteiger partial charge in [0.25, 0.3) is 0 Å². The Labute approximate surface area is 108 Å². The molecule has 0 aromatic carbocycles. The minimum atomic E-state index is 0.0367. The maximum absolute atomic E-state index is 11.7. The highest BCUT2D eigenvalue weighted by molar-refractivity contribution is 6.30. The molecule has 1 saturated carbocycles. The number of hydrogen-bond acceptors (Lipinski definition) is 1. The highest BCUT2D eigenvalue weighted by atomic mass is 35.5. The molecule has 2 nitrogen and oxygen atoms in total. The topological polar surface area (TPSA) is 22.0 Å². The monoisotopic (exact) mass is 253 g/mol. The lowest BCUT2D eigenvalue weighted by molar-refractivity contribution is 0.102. The van der Waals surface area contributed by atoms with Gasteiger partial charge in [-0.2, -0.15) is 0 Å². The number of alkyl halides is 1. The zero-order valence-corrected chi connectivity index (χ0v) is 11.4. The second-order valence-electron chi connectivity index (χ2n) is 5.08. The Morgan fingerprint density at radius 1 is 1.47 bits per heavy atom. The first kappa shape index (κ1) is 12.7. The van der Waals surface area contributed by atoms with Crippen LogP contribution in [0.1, 0.15) is 47.4 Å². The molecule has 94 valence electrons. The van der Waals surface area contributed by atoms with E-state index in [1.807, 2.05) is 13.0 Å². The molecule has 0 bridgehead atoms. The summed E-state index contributed by atoms with van der Waals surface area (Å²) >= 11 is 5.62. The number of nitrogens with zero attached hydrogens (tertiary/aromatic N) is 1. The van der Waals surface area contributed by atoms with E-state index in [1.54, 1.807) is 0 Å². The molecule has 1 heterocycles. The van der Waals surface area contributed by atoms with Gasteiger partial charge in [-0.15, -0.1) is 11.6 Å². The van der Waals surface area contributed by atoms with Crippen LogP contribution in [-0.2, 0) is 6.54 Å². The van der Waals surface area contributed by atoms with Crippen LogP contribution in [0, 0.1) is 19.8 Å². The first-order valence-electron chi connectivity index (χ1n) is 6.39. The van der Waals surface area contributed by atoms with Crippen molar-refractivity contribution in [2.24, 2.45) is 5.92 Å². The van der Waals surface area contributed by atoms with E-state index in [0.29, 0.717) is 0 Å². The molecule has 1 aromatic rings. The van der Waals surface area contributed by atoms with Crippen LogP contribution >= 0.6 is 11.6 Å². The average Bonchev–Trinajstić information content (AvgIpc) is 2.53. The van der Waals surface area contributed by atoms with Gasteiger partial charge in [0.2, 0.25) is 0 Å². The van der Waals surface area contributed by atoms with Gasteiger partial charge in [-0.3, -0.25) is 4.79 Å². The SMILES string of the molecule is Cc1cc(C(=O)CCl)c(C)n1CCC1CCC1. The van der Waals surface area contributed by atoms with Crippen molar-refractivity contribution in [3.63, 3.8) is 0 Å². The maximum Gasteiger partial charge on any atom is 0.179 e. The lowest BCUT2D eigenvalue weighted by Crippen LogP contribution is -2.15. The molecule has 1 aromatic heterocycles. The van der Waals surface area contributed by atoms with Crippen LogP contribution in [0.5, 0.6) is 0 Å². The molecule has 0 aliphatic heterocycles. The fourth-order valence-corrected chi connectivity index (χ4v) is 2.74. The third kappa shape index (κ3) is 2.57. The molecule has 17 heavy (non-hydrogen) atoms. The predicted octanol–water partition coefficient (Wildman–Crippen LogP) is 3.72. The Balaban J connectivity index is 2.10. The third-order valence-corrected chi connectivity index (χ3v) is 4.22. The average molecular weight is 254 g/mol. The van der Waals surface area contributed by atoms with Gasteiger partial charge in [0.05, 0.1) is 5.88 Å². The summed E-state index contributed by atoms with van der Waals surface area (Å²) in [6, 6.07) is 1.97. The minimum absolute atomic E-state index is 0.0367. The Kier molecular flexibility index (Phi) is 3.93. The number of ketones is 1. The maximum atomic E-state index is 11.7. The van der Waals surface area contributed by atoms with Crippen LogP contribution < -0.4 is 0 Å². The molecule has 0 saturated heterocycles. The summed E-state index contributed by atoms with van der Waals surface area (Å²) < 4.78 is 2.26. The van der Waals surface area contributed by atoms with E-state index < -0.39 is 0 Å². The number of aromatic nitrogens is 1. The second-order valence-corrected chi connectivity index (χ2v) is 5.35. The molecule has 0 amide bonds. The van der Waals surface area contributed by atoms with Gasteiger partial charge in [0, 0.05) is 23.5 Å². The molecule has 0 N–H and O–H groups in total. The van der Waals surface area contributed by atoms with E-state index in [0.717, 1.165) is 23.7 Å². The van der Waals surface area contributed by atoms with Crippen LogP contribution in [0.2, 0.25) is 0 Å².